The number of phenolic OH excluding ortho intramolecular Hbond substituents is 3. The molecule has 14 nitrogen and oxygen atoms in total. The number of carbonyl (C=O) groups excluding carboxylic acids is 3. The van der Waals surface area contributed by atoms with E-state index in [2.05, 4.69) is 0 Å². The Kier molecular flexibility index (Phi) is 12.1. The number of amides is 1. The number of fused-ring (bicyclic) bond motifs is 12. The molecule has 5 N–H and O–H groups in total. The van der Waals surface area contributed by atoms with E-state index in [0.717, 1.165) is 0 Å². The number of hydrogen-bond acceptors (Lipinski definition) is 13. The van der Waals surface area contributed by atoms with Crippen LogP contribution in [-0.2, 0) is 23.8 Å². The van der Waals surface area contributed by atoms with Crippen LogP contribution in [0.5, 0.6) is 23.0 Å². The Morgan fingerprint density at radius 2 is 1.55 bits per heavy atom. The quantitative estimate of drug-likeness (QED) is 0.187. The second kappa shape index (κ2) is 16.0. The molecule has 7 bridgehead atoms. The van der Waals surface area contributed by atoms with Crippen molar-refractivity contribution in [1.82, 2.24) is 0 Å². The summed E-state index contributed by atoms with van der Waals surface area (Å²) in [7, 11) is 1.45. The van der Waals surface area contributed by atoms with Gasteiger partial charge in [0.15, 0.2) is 5.75 Å². The molecule has 306 valence electrons. The Hall–Kier alpha value is -4.79. The molecule has 14 heteroatoms. The van der Waals surface area contributed by atoms with Gasteiger partial charge < -0.3 is 49.4 Å². The van der Waals surface area contributed by atoms with E-state index in [1.807, 2.05) is 6.92 Å². The van der Waals surface area contributed by atoms with E-state index in [-0.39, 0.29) is 44.6 Å². The third-order valence-electron chi connectivity index (χ3n) is 11.7. The normalized spacial score (nSPS) is 31.2. The average Bonchev–Trinajstić information content (AvgIpc) is 3.60. The summed E-state index contributed by atoms with van der Waals surface area (Å²) in [5.74, 6) is -7.65. The van der Waals surface area contributed by atoms with Crippen LogP contribution in [0.15, 0.2) is 36.1 Å². The van der Waals surface area contributed by atoms with Crippen LogP contribution in [0.25, 0.3) is 10.8 Å². The molecule has 56 heavy (non-hydrogen) atoms. The first kappa shape index (κ1) is 42.4. The number of methoxy groups -OCH3 is 1. The molecular weight excluding hydrogens is 724 g/mol. The van der Waals surface area contributed by atoms with Crippen molar-refractivity contribution in [1.29, 1.82) is 0 Å². The fourth-order valence-electron chi connectivity index (χ4n) is 8.37. The van der Waals surface area contributed by atoms with Gasteiger partial charge in [0.2, 0.25) is 0 Å². The zero-order valence-electron chi connectivity index (χ0n) is 34.0. The smallest absolute Gasteiger partial charge is 0.312 e. The molecule has 6 rings (SSSR count). The molecular formula is C42H56N2O12. The Labute approximate surface area is 327 Å². The number of nitrogens with zero attached hydrogens (tertiary/aromatic N) is 2. The van der Waals surface area contributed by atoms with Crippen molar-refractivity contribution in [2.24, 2.45) is 23.7 Å². The number of aliphatic hydroxyl groups excluding tert-OH is 2. The SMILES string of the molecule is CCCN1c2c3c(O)c4c(O)c(C)c5c(c4c2O)C(=O)C(C)(OC=CC(OC)C(C)C(OC(C)=O)C(C)C(O)C(C)C(O)C(C)C=CC=C(C)C(=O)N3C1C)O5. The van der Waals surface area contributed by atoms with Gasteiger partial charge in [0.25, 0.3) is 11.7 Å². The van der Waals surface area contributed by atoms with Crippen LogP contribution in [0.2, 0.25) is 0 Å². The van der Waals surface area contributed by atoms with E-state index in [4.69, 9.17) is 18.9 Å². The van der Waals surface area contributed by atoms with Gasteiger partial charge >= 0.3 is 11.8 Å². The largest absolute Gasteiger partial charge is 0.507 e. The van der Waals surface area contributed by atoms with Crippen molar-refractivity contribution in [3.8, 4) is 23.0 Å². The lowest BCUT2D eigenvalue weighted by atomic mass is 9.78. The van der Waals surface area contributed by atoms with E-state index in [1.54, 1.807) is 64.7 Å². The molecule has 0 fully saturated rings. The van der Waals surface area contributed by atoms with Crippen molar-refractivity contribution in [3.05, 3.63) is 47.3 Å². The third kappa shape index (κ3) is 6.96. The van der Waals surface area contributed by atoms with Gasteiger partial charge in [0.05, 0.1) is 35.5 Å². The van der Waals surface area contributed by atoms with Crippen LogP contribution in [0, 0.1) is 30.6 Å². The minimum atomic E-state index is -2.00. The van der Waals surface area contributed by atoms with Gasteiger partial charge in [-0.1, -0.05) is 52.8 Å². The highest BCUT2D eigenvalue weighted by atomic mass is 16.7. The lowest BCUT2D eigenvalue weighted by Crippen LogP contribution is -2.46. The van der Waals surface area contributed by atoms with Crippen LogP contribution in [0.1, 0.15) is 84.7 Å². The summed E-state index contributed by atoms with van der Waals surface area (Å²) >= 11 is 0. The van der Waals surface area contributed by atoms with Crippen LogP contribution < -0.4 is 14.5 Å². The van der Waals surface area contributed by atoms with Gasteiger partial charge in [-0.15, -0.1) is 0 Å². The molecule has 2 aromatic rings. The van der Waals surface area contributed by atoms with E-state index in [9.17, 15) is 39.9 Å². The fraction of sp³-hybridized carbons (Fsp3) is 0.548. The van der Waals surface area contributed by atoms with Crippen molar-refractivity contribution < 1.29 is 58.9 Å². The van der Waals surface area contributed by atoms with Gasteiger partial charge in [0.1, 0.15) is 40.9 Å². The van der Waals surface area contributed by atoms with Gasteiger partial charge in [-0.2, -0.15) is 0 Å². The number of aromatic hydroxyl groups is 3. The summed E-state index contributed by atoms with van der Waals surface area (Å²) in [5, 5.41) is 58.3. The van der Waals surface area contributed by atoms with Gasteiger partial charge in [-0.25, -0.2) is 0 Å². The first-order valence-corrected chi connectivity index (χ1v) is 19.1. The highest BCUT2D eigenvalue weighted by Crippen LogP contribution is 2.61. The van der Waals surface area contributed by atoms with Gasteiger partial charge in [-0.3, -0.25) is 19.3 Å². The highest BCUT2D eigenvalue weighted by molar-refractivity contribution is 6.24. The maximum absolute atomic E-state index is 14.4. The summed E-state index contributed by atoms with van der Waals surface area (Å²) in [6, 6.07) is 0. The number of carbonyl (C=O) groups is 3. The summed E-state index contributed by atoms with van der Waals surface area (Å²) in [4.78, 5) is 44.1. The number of benzene rings is 2. The molecule has 10 unspecified atom stereocenters. The zero-order valence-corrected chi connectivity index (χ0v) is 34.0. The number of anilines is 2. The number of aliphatic hydroxyl groups is 2. The second-order valence-electron chi connectivity index (χ2n) is 15.6. The predicted octanol–water partition coefficient (Wildman–Crippen LogP) is 5.72. The monoisotopic (exact) mass is 780 g/mol. The molecule has 10 atom stereocenters. The molecule has 4 aliphatic rings. The molecule has 0 aliphatic carbocycles. The van der Waals surface area contributed by atoms with Crippen molar-refractivity contribution >= 4 is 39.8 Å². The summed E-state index contributed by atoms with van der Waals surface area (Å²) in [6.07, 6.45) is 3.73. The number of hydrogen-bond donors (Lipinski definition) is 5. The molecule has 0 aromatic heterocycles. The topological polar surface area (TPSA) is 196 Å². The van der Waals surface area contributed by atoms with Crippen LogP contribution in [0.3, 0.4) is 0 Å². The van der Waals surface area contributed by atoms with E-state index >= 15 is 0 Å². The number of Topliss-reactive ketones (excluding diaryl/α,β-unsaturated/α-hetero) is 1. The predicted molar refractivity (Wildman–Crippen MR) is 210 cm³/mol. The lowest BCUT2D eigenvalue weighted by Gasteiger charge is -2.38. The summed E-state index contributed by atoms with van der Waals surface area (Å²) in [5.41, 5.74) is 0.326. The molecule has 0 saturated heterocycles. The zero-order chi connectivity index (χ0) is 41.7. The molecule has 4 aliphatic heterocycles. The average molecular weight is 781 g/mol. The number of ether oxygens (including phenoxy) is 4. The lowest BCUT2D eigenvalue weighted by molar-refractivity contribution is -0.160. The number of allylic oxidation sites excluding steroid dienone is 2. The minimum absolute atomic E-state index is 0.0254. The minimum Gasteiger partial charge on any atom is -0.507 e. The Balaban J connectivity index is 1.74. The van der Waals surface area contributed by atoms with Gasteiger partial charge in [-0.05, 0) is 33.3 Å². The van der Waals surface area contributed by atoms with Crippen molar-refractivity contribution in [2.45, 2.75) is 112 Å². The highest BCUT2D eigenvalue weighted by Gasteiger charge is 2.51. The van der Waals surface area contributed by atoms with Crippen LogP contribution in [0.4, 0.5) is 11.4 Å². The van der Waals surface area contributed by atoms with Crippen LogP contribution in [-0.4, -0.2) is 93.2 Å². The summed E-state index contributed by atoms with van der Waals surface area (Å²) < 4.78 is 23.6. The van der Waals surface area contributed by atoms with Crippen molar-refractivity contribution in [3.63, 3.8) is 0 Å². The molecule has 2 aromatic carbocycles. The molecule has 0 saturated carbocycles. The van der Waals surface area contributed by atoms with E-state index < -0.39 is 94.9 Å². The number of ketones is 1. The van der Waals surface area contributed by atoms with Gasteiger partial charge in [0, 0.05) is 67.7 Å². The molecule has 1 amide bonds. The summed E-state index contributed by atoms with van der Waals surface area (Å²) in [6.45, 7) is 16.8. The Morgan fingerprint density at radius 1 is 0.911 bits per heavy atom. The Bertz CT molecular complexity index is 1990. The first-order valence-electron chi connectivity index (χ1n) is 19.1. The maximum Gasteiger partial charge on any atom is 0.312 e. The third-order valence-corrected chi connectivity index (χ3v) is 11.7. The van der Waals surface area contributed by atoms with E-state index in [1.165, 1.54) is 45.1 Å². The number of esters is 1. The number of rotatable bonds is 4. The first-order chi connectivity index (χ1) is 26.2. The maximum atomic E-state index is 14.4. The molecule has 0 spiro atoms. The molecule has 4 heterocycles. The molecule has 0 radical (unpaired) electrons. The van der Waals surface area contributed by atoms with E-state index in [0.29, 0.717) is 13.0 Å². The van der Waals surface area contributed by atoms with Crippen molar-refractivity contribution in [2.75, 3.05) is 23.5 Å². The standard InChI is InChI=1S/C42H56N2O12/c1-12-17-43-25(8)44-32-31(43)36(49)28-29(37(32)50)35(48)24(7)39-30(28)40(51)42(10,56-39)54-18-16-27(53-11)21(4)38(55-26(9)45)23(6)34(47)22(5)33(46)19(2)14-13-15-20(3)41(44)52/h13-16,18-19,21-23,25,27,33-34,38,46-50H,12,17H2,1-11H3. The second-order valence-corrected chi connectivity index (χ2v) is 15.6. The number of phenols is 3. The van der Waals surface area contributed by atoms with Crippen LogP contribution >= 0.6 is 0 Å². The fourth-order valence-corrected chi connectivity index (χ4v) is 8.37. The Morgan fingerprint density at radius 3 is 2.16 bits per heavy atom.